The van der Waals surface area contributed by atoms with Gasteiger partial charge in [0.15, 0.2) is 5.78 Å². The molecule has 7 nitrogen and oxygen atoms in total. The van der Waals surface area contributed by atoms with E-state index in [9.17, 15) is 9.59 Å². The maximum absolute atomic E-state index is 12.9. The molecule has 0 radical (unpaired) electrons. The molecule has 3 aromatic rings. The first kappa shape index (κ1) is 20.5. The van der Waals surface area contributed by atoms with E-state index in [1.807, 2.05) is 12.1 Å². The summed E-state index contributed by atoms with van der Waals surface area (Å²) in [6, 6.07) is 5.42. The van der Waals surface area contributed by atoms with E-state index >= 15 is 0 Å². The Labute approximate surface area is 174 Å². The number of nitrogens with one attached hydrogen (secondary N) is 2. The molecule has 3 aromatic heterocycles. The standard InChI is InChI=1S/C21H20N4O3.ClH/c26-18-4-2-1-3-16-20(18)15(11-24-16)21(27)25-17-12-23-10-7-19(17)28-13-14-5-8-22-9-6-14;/h5-12,24H,1-4,13H2,(H,25,27);1H. The number of H-pyrrole nitrogens is 1. The number of pyridine rings is 2. The van der Waals surface area contributed by atoms with Crippen LogP contribution in [0.4, 0.5) is 5.69 Å². The molecule has 0 aliphatic heterocycles. The van der Waals surface area contributed by atoms with Gasteiger partial charge < -0.3 is 15.0 Å². The van der Waals surface area contributed by atoms with Crippen molar-refractivity contribution in [3.63, 3.8) is 0 Å². The Morgan fingerprint density at radius 3 is 2.69 bits per heavy atom. The number of nitrogens with zero attached hydrogens (tertiary/aromatic N) is 2. The number of carbonyl (C=O) groups excluding carboxylic acids is 2. The number of halogens is 1. The third-order valence-corrected chi connectivity index (χ3v) is 4.74. The molecule has 1 aliphatic carbocycles. The molecule has 1 aliphatic rings. The molecule has 1 amide bonds. The summed E-state index contributed by atoms with van der Waals surface area (Å²) in [5.41, 5.74) is 3.14. The third-order valence-electron chi connectivity index (χ3n) is 4.74. The number of Topliss-reactive ketones (excluding diaryl/α,β-unsaturated/α-hetero) is 1. The molecule has 0 aromatic carbocycles. The Bertz CT molecular complexity index is 1000. The lowest BCUT2D eigenvalue weighted by atomic mass is 10.0. The summed E-state index contributed by atoms with van der Waals surface area (Å²) in [5.74, 6) is 0.168. The Balaban J connectivity index is 0.00000240. The number of ketones is 1. The zero-order valence-corrected chi connectivity index (χ0v) is 16.5. The van der Waals surface area contributed by atoms with E-state index in [0.717, 1.165) is 30.5 Å². The van der Waals surface area contributed by atoms with E-state index in [0.29, 0.717) is 35.6 Å². The van der Waals surface area contributed by atoms with Gasteiger partial charge in [0.25, 0.3) is 5.91 Å². The number of rotatable bonds is 5. The molecule has 29 heavy (non-hydrogen) atoms. The van der Waals surface area contributed by atoms with Crippen molar-refractivity contribution in [3.8, 4) is 5.75 Å². The van der Waals surface area contributed by atoms with Gasteiger partial charge in [-0.15, -0.1) is 12.4 Å². The van der Waals surface area contributed by atoms with E-state index in [2.05, 4.69) is 20.3 Å². The molecule has 8 heteroatoms. The SMILES string of the molecule is Cl.O=C(Nc1cnccc1OCc1ccncc1)c1c[nH]c2c1C(=O)CCCC2. The molecule has 0 saturated carbocycles. The van der Waals surface area contributed by atoms with Crippen molar-refractivity contribution in [1.82, 2.24) is 15.0 Å². The molecule has 150 valence electrons. The van der Waals surface area contributed by atoms with Crippen LogP contribution in [0.2, 0.25) is 0 Å². The minimum Gasteiger partial charge on any atom is -0.487 e. The number of hydrogen-bond acceptors (Lipinski definition) is 5. The topological polar surface area (TPSA) is 97.0 Å². The number of amides is 1. The van der Waals surface area contributed by atoms with Crippen molar-refractivity contribution < 1.29 is 14.3 Å². The van der Waals surface area contributed by atoms with E-state index in [1.165, 1.54) is 6.20 Å². The Kier molecular flexibility index (Phi) is 6.61. The van der Waals surface area contributed by atoms with Crippen molar-refractivity contribution in [3.05, 3.63) is 71.6 Å². The summed E-state index contributed by atoms with van der Waals surface area (Å²) < 4.78 is 5.84. The Morgan fingerprint density at radius 1 is 1.10 bits per heavy atom. The van der Waals surface area contributed by atoms with Crippen molar-refractivity contribution in [2.75, 3.05) is 5.32 Å². The van der Waals surface area contributed by atoms with Gasteiger partial charge in [0, 0.05) is 43.0 Å². The van der Waals surface area contributed by atoms with Gasteiger partial charge in [-0.2, -0.15) is 0 Å². The second kappa shape index (κ2) is 9.34. The number of carbonyl (C=O) groups is 2. The monoisotopic (exact) mass is 412 g/mol. The van der Waals surface area contributed by atoms with Crippen LogP contribution in [-0.4, -0.2) is 26.6 Å². The number of hydrogen-bond donors (Lipinski definition) is 2. The predicted octanol–water partition coefficient (Wildman–Crippen LogP) is 3.97. The molecule has 4 rings (SSSR count). The third kappa shape index (κ3) is 4.63. The largest absolute Gasteiger partial charge is 0.487 e. The highest BCUT2D eigenvalue weighted by Crippen LogP contribution is 2.27. The molecule has 0 fully saturated rings. The minimum atomic E-state index is -0.352. The second-order valence-corrected chi connectivity index (χ2v) is 6.66. The highest BCUT2D eigenvalue weighted by Gasteiger charge is 2.25. The summed E-state index contributed by atoms with van der Waals surface area (Å²) >= 11 is 0. The van der Waals surface area contributed by atoms with E-state index in [4.69, 9.17) is 4.74 Å². The zero-order chi connectivity index (χ0) is 19.3. The first-order valence-corrected chi connectivity index (χ1v) is 9.23. The van der Waals surface area contributed by atoms with Crippen LogP contribution in [0.15, 0.2) is 49.2 Å². The van der Waals surface area contributed by atoms with Gasteiger partial charge in [-0.3, -0.25) is 19.6 Å². The zero-order valence-electron chi connectivity index (χ0n) is 15.7. The molecule has 2 N–H and O–H groups in total. The lowest BCUT2D eigenvalue weighted by Gasteiger charge is -2.12. The number of aryl methyl sites for hydroxylation is 1. The number of anilines is 1. The smallest absolute Gasteiger partial charge is 0.258 e. The Hall–Kier alpha value is -3.19. The van der Waals surface area contributed by atoms with E-state index in [1.54, 1.807) is 30.9 Å². The normalized spacial score (nSPS) is 13.0. The van der Waals surface area contributed by atoms with Crippen molar-refractivity contribution >= 4 is 29.8 Å². The summed E-state index contributed by atoms with van der Waals surface area (Å²) in [4.78, 5) is 36.4. The maximum atomic E-state index is 12.9. The molecule has 0 atom stereocenters. The predicted molar refractivity (Wildman–Crippen MR) is 111 cm³/mol. The van der Waals surface area contributed by atoms with Gasteiger partial charge in [-0.05, 0) is 37.0 Å². The molecule has 3 heterocycles. The fourth-order valence-corrected chi connectivity index (χ4v) is 3.30. The van der Waals surface area contributed by atoms with Gasteiger partial charge in [0.05, 0.1) is 17.3 Å². The fourth-order valence-electron chi connectivity index (χ4n) is 3.30. The van der Waals surface area contributed by atoms with E-state index < -0.39 is 0 Å². The van der Waals surface area contributed by atoms with Crippen LogP contribution in [0.3, 0.4) is 0 Å². The first-order chi connectivity index (χ1) is 13.7. The van der Waals surface area contributed by atoms with Gasteiger partial charge in [0.1, 0.15) is 18.0 Å². The molecule has 0 unspecified atom stereocenters. The number of fused-ring (bicyclic) bond motifs is 1. The molecule has 0 saturated heterocycles. The molecule has 0 bridgehead atoms. The molecular formula is C21H21ClN4O3. The summed E-state index contributed by atoms with van der Waals surface area (Å²) in [7, 11) is 0. The van der Waals surface area contributed by atoms with Crippen LogP contribution in [0.5, 0.6) is 5.75 Å². The van der Waals surface area contributed by atoms with E-state index in [-0.39, 0.29) is 24.1 Å². The van der Waals surface area contributed by atoms with Crippen molar-refractivity contribution in [1.29, 1.82) is 0 Å². The van der Waals surface area contributed by atoms with Crippen LogP contribution in [0.1, 0.15) is 51.2 Å². The summed E-state index contributed by atoms with van der Waals surface area (Å²) in [5, 5.41) is 2.83. The average Bonchev–Trinajstić information content (AvgIpc) is 3.07. The second-order valence-electron chi connectivity index (χ2n) is 6.66. The molecule has 0 spiro atoms. The highest BCUT2D eigenvalue weighted by molar-refractivity contribution is 6.13. The van der Waals surface area contributed by atoms with Crippen LogP contribution < -0.4 is 10.1 Å². The summed E-state index contributed by atoms with van der Waals surface area (Å²) in [6.45, 7) is 0.341. The lowest BCUT2D eigenvalue weighted by Crippen LogP contribution is -2.16. The van der Waals surface area contributed by atoms with Gasteiger partial charge in [0.2, 0.25) is 0 Å². The van der Waals surface area contributed by atoms with Crippen LogP contribution >= 0.6 is 12.4 Å². The quantitative estimate of drug-likeness (QED) is 0.618. The van der Waals surface area contributed by atoms with Gasteiger partial charge in [-0.25, -0.2) is 0 Å². The summed E-state index contributed by atoms with van der Waals surface area (Å²) in [6.07, 6.45) is 11.2. The minimum absolute atomic E-state index is 0. The number of ether oxygens (including phenoxy) is 1. The van der Waals surface area contributed by atoms with Gasteiger partial charge >= 0.3 is 0 Å². The van der Waals surface area contributed by atoms with Crippen LogP contribution in [0, 0.1) is 0 Å². The van der Waals surface area contributed by atoms with Gasteiger partial charge in [-0.1, -0.05) is 0 Å². The molecular weight excluding hydrogens is 392 g/mol. The Morgan fingerprint density at radius 2 is 1.86 bits per heavy atom. The lowest BCUT2D eigenvalue weighted by molar-refractivity contribution is 0.0965. The van der Waals surface area contributed by atoms with Crippen molar-refractivity contribution in [2.45, 2.75) is 32.3 Å². The number of aromatic amines is 1. The van der Waals surface area contributed by atoms with Crippen LogP contribution in [-0.2, 0) is 13.0 Å². The van der Waals surface area contributed by atoms with Crippen molar-refractivity contribution in [2.24, 2.45) is 0 Å². The fraction of sp³-hybridized carbons (Fsp3) is 0.238. The number of aromatic nitrogens is 3. The van der Waals surface area contributed by atoms with Crippen LogP contribution in [0.25, 0.3) is 0 Å². The average molecular weight is 413 g/mol. The first-order valence-electron chi connectivity index (χ1n) is 9.23. The highest BCUT2D eigenvalue weighted by atomic mass is 35.5. The maximum Gasteiger partial charge on any atom is 0.258 e.